The van der Waals surface area contributed by atoms with Crippen molar-refractivity contribution in [3.8, 4) is 5.75 Å². The van der Waals surface area contributed by atoms with Crippen LogP contribution < -0.4 is 20.5 Å². The van der Waals surface area contributed by atoms with Crippen molar-refractivity contribution in [3.63, 3.8) is 0 Å². The molecule has 1 aliphatic carbocycles. The lowest BCUT2D eigenvalue weighted by Gasteiger charge is -2.54. The summed E-state index contributed by atoms with van der Waals surface area (Å²) in [7, 11) is 0. The van der Waals surface area contributed by atoms with E-state index in [1.807, 2.05) is 0 Å². The molecule has 6 rings (SSSR count). The number of halogens is 4. The number of fused-ring (bicyclic) bond motifs is 2. The van der Waals surface area contributed by atoms with Gasteiger partial charge in [0, 0.05) is 47.0 Å². The third kappa shape index (κ3) is 6.09. The Kier molecular flexibility index (Phi) is 7.03. The van der Waals surface area contributed by atoms with Crippen LogP contribution in [0.2, 0.25) is 5.02 Å². The Labute approximate surface area is 291 Å². The second-order valence-electron chi connectivity index (χ2n) is 11.6. The number of benzene rings is 1. The summed E-state index contributed by atoms with van der Waals surface area (Å²) in [6, 6.07) is 1.51. The molecule has 0 unspecified atom stereocenters. The van der Waals surface area contributed by atoms with Crippen molar-refractivity contribution in [2.45, 2.75) is 57.9 Å². The van der Waals surface area contributed by atoms with Crippen molar-refractivity contribution in [1.29, 1.82) is 0 Å². The molecule has 4 aromatic rings. The summed E-state index contributed by atoms with van der Waals surface area (Å²) in [6.45, 7) is -3.67. The zero-order chi connectivity index (χ0) is 40.4. The van der Waals surface area contributed by atoms with Crippen LogP contribution >= 0.6 is 11.6 Å². The highest BCUT2D eigenvalue weighted by atomic mass is 35.5. The minimum atomic E-state index is -4.69. The van der Waals surface area contributed by atoms with E-state index in [9.17, 15) is 32.7 Å². The predicted molar refractivity (Wildman–Crippen MR) is 176 cm³/mol. The molecule has 13 nitrogen and oxygen atoms in total. The van der Waals surface area contributed by atoms with Gasteiger partial charge in [-0.15, -0.1) is 0 Å². The summed E-state index contributed by atoms with van der Waals surface area (Å²) in [4.78, 5) is 61.5. The first kappa shape index (κ1) is 26.9. The van der Waals surface area contributed by atoms with E-state index >= 15 is 0 Å². The molecule has 0 radical (unpaired) electrons. The van der Waals surface area contributed by atoms with Gasteiger partial charge >= 0.3 is 6.18 Å². The number of aryl methyl sites for hydroxylation is 1. The number of carbonyl (C=O) groups excluding carboxylic acids is 2. The van der Waals surface area contributed by atoms with Gasteiger partial charge in [0.05, 0.1) is 34.2 Å². The van der Waals surface area contributed by atoms with E-state index in [-0.39, 0.29) is 64.3 Å². The van der Waals surface area contributed by atoms with Crippen molar-refractivity contribution >= 4 is 51.8 Å². The lowest BCUT2D eigenvalue weighted by Crippen LogP contribution is -2.67. The molecule has 17 heteroatoms. The molecule has 49 heavy (non-hydrogen) atoms. The highest BCUT2D eigenvalue weighted by molar-refractivity contribution is 6.33. The summed E-state index contributed by atoms with van der Waals surface area (Å²) in [6.07, 6.45) is -1.48. The number of aromatic nitrogens is 5. The summed E-state index contributed by atoms with van der Waals surface area (Å²) in [5.74, 6) is -2.34. The van der Waals surface area contributed by atoms with Crippen LogP contribution in [0.15, 0.2) is 35.5 Å². The Morgan fingerprint density at radius 1 is 1.16 bits per heavy atom. The van der Waals surface area contributed by atoms with Gasteiger partial charge in [-0.1, -0.05) is 18.5 Å². The maximum Gasteiger partial charge on any atom is 0.416 e. The normalized spacial score (nSPS) is 19.8. The number of nitrogens with one attached hydrogen (secondary N) is 1. The van der Waals surface area contributed by atoms with Gasteiger partial charge in [-0.05, 0) is 44.4 Å². The van der Waals surface area contributed by atoms with Crippen molar-refractivity contribution in [1.82, 2.24) is 29.4 Å². The standard InChI is InChI=1S/C32H33ClF3N9O4/c1-5-20-27(43-10-11-44(22-9-8-21(22)43)31(49)26-28(47)16(2)38-15-39-26)29(48)25-30(37-13-23(41-25)42(3)4)45(20)14-24(46)40-19-7-6-17(12-18(19)33)32(34,35)36/h6-7,12-13,15,21-22,47H,5,8-11,14H2,1-4H3,(H,40,46)/t21-,22-/m0/s1/i3D3,4D3. The fourth-order valence-electron chi connectivity index (χ4n) is 6.31. The van der Waals surface area contributed by atoms with Crippen LogP contribution in [-0.4, -0.2) is 85.4 Å². The average molecular weight is 706 g/mol. The molecule has 2 atom stereocenters. The van der Waals surface area contributed by atoms with Crippen molar-refractivity contribution in [2.75, 3.05) is 42.2 Å². The van der Waals surface area contributed by atoms with E-state index in [1.165, 1.54) is 17.8 Å². The van der Waals surface area contributed by atoms with Gasteiger partial charge in [0.2, 0.25) is 11.3 Å². The molecule has 0 bridgehead atoms. The number of hydrogen-bond donors (Lipinski definition) is 2. The van der Waals surface area contributed by atoms with Crippen LogP contribution in [-0.2, 0) is 23.9 Å². The van der Waals surface area contributed by atoms with Crippen LogP contribution in [0, 0.1) is 6.92 Å². The van der Waals surface area contributed by atoms with Crippen LogP contribution in [0.5, 0.6) is 5.75 Å². The summed E-state index contributed by atoms with van der Waals surface area (Å²) < 4.78 is 88.3. The number of piperazine rings is 1. The molecule has 2 amide bonds. The number of pyridine rings is 1. The first-order valence-electron chi connectivity index (χ1n) is 18.1. The number of anilines is 3. The third-order valence-corrected chi connectivity index (χ3v) is 9.12. The molecule has 1 aromatic carbocycles. The monoisotopic (exact) mass is 705 g/mol. The number of rotatable bonds is 7. The fourth-order valence-corrected chi connectivity index (χ4v) is 6.54. The van der Waals surface area contributed by atoms with E-state index in [0.29, 0.717) is 18.9 Å². The first-order valence-corrected chi connectivity index (χ1v) is 15.5. The molecule has 2 N–H and O–H groups in total. The molecule has 1 aliphatic heterocycles. The van der Waals surface area contributed by atoms with Crippen molar-refractivity contribution < 1.29 is 36.1 Å². The topological polar surface area (TPSA) is 150 Å². The molecule has 1 saturated heterocycles. The molecular weight excluding hydrogens is 667 g/mol. The number of amides is 2. The van der Waals surface area contributed by atoms with Gasteiger partial charge in [0.25, 0.3) is 5.91 Å². The van der Waals surface area contributed by atoms with E-state index in [0.717, 1.165) is 18.3 Å². The smallest absolute Gasteiger partial charge is 0.416 e. The zero-order valence-corrected chi connectivity index (χ0v) is 26.8. The Bertz CT molecular complexity index is 2240. The number of nitrogens with zero attached hydrogens (tertiary/aromatic N) is 8. The fraction of sp³-hybridized carbons (Fsp3) is 0.406. The zero-order valence-electron chi connectivity index (χ0n) is 32.0. The second kappa shape index (κ2) is 12.8. The Morgan fingerprint density at radius 2 is 1.92 bits per heavy atom. The van der Waals surface area contributed by atoms with Crippen LogP contribution in [0.25, 0.3) is 11.2 Å². The number of hydrogen-bond acceptors (Lipinski definition) is 10. The van der Waals surface area contributed by atoms with Crippen LogP contribution in [0.3, 0.4) is 0 Å². The Hall–Kier alpha value is -4.99. The second-order valence-corrected chi connectivity index (χ2v) is 12.0. The number of alkyl halides is 3. The minimum Gasteiger partial charge on any atom is -0.504 e. The molecule has 258 valence electrons. The largest absolute Gasteiger partial charge is 0.504 e. The molecule has 2 aliphatic rings. The predicted octanol–water partition coefficient (Wildman–Crippen LogP) is 4.03. The Balaban J connectivity index is 1.45. The first-order chi connectivity index (χ1) is 25.6. The molecule has 0 spiro atoms. The van der Waals surface area contributed by atoms with Crippen LogP contribution in [0.1, 0.15) is 55.4 Å². The molecule has 1 saturated carbocycles. The quantitative estimate of drug-likeness (QED) is 0.289. The van der Waals surface area contributed by atoms with Gasteiger partial charge in [-0.3, -0.25) is 14.4 Å². The molecule has 3 aromatic heterocycles. The molecule has 4 heterocycles. The molecular formula is C32H33ClF3N9O4. The highest BCUT2D eigenvalue weighted by Crippen LogP contribution is 2.39. The van der Waals surface area contributed by atoms with Crippen molar-refractivity contribution in [3.05, 3.63) is 68.6 Å². The van der Waals surface area contributed by atoms with Gasteiger partial charge in [0.1, 0.15) is 24.4 Å². The maximum atomic E-state index is 14.6. The van der Waals surface area contributed by atoms with Gasteiger partial charge in [-0.25, -0.2) is 19.9 Å². The van der Waals surface area contributed by atoms with Gasteiger partial charge in [-0.2, -0.15) is 13.2 Å². The number of aromatic hydroxyl groups is 1. The summed E-state index contributed by atoms with van der Waals surface area (Å²) in [5, 5.41) is 12.6. The van der Waals surface area contributed by atoms with E-state index in [2.05, 4.69) is 25.3 Å². The lowest BCUT2D eigenvalue weighted by molar-refractivity contribution is -0.137. The van der Waals surface area contributed by atoms with Crippen molar-refractivity contribution in [2.24, 2.45) is 0 Å². The third-order valence-electron chi connectivity index (χ3n) is 8.80. The summed E-state index contributed by atoms with van der Waals surface area (Å²) >= 11 is 6.09. The lowest BCUT2D eigenvalue weighted by atomic mass is 9.81. The molecule has 2 fully saturated rings. The van der Waals surface area contributed by atoms with E-state index in [1.54, 1.807) is 16.7 Å². The van der Waals surface area contributed by atoms with E-state index in [4.69, 9.17) is 19.8 Å². The minimum absolute atomic E-state index is 0.0543. The van der Waals surface area contributed by atoms with Gasteiger partial charge < -0.3 is 29.7 Å². The van der Waals surface area contributed by atoms with Gasteiger partial charge in [0.15, 0.2) is 22.6 Å². The highest BCUT2D eigenvalue weighted by Gasteiger charge is 2.47. The average Bonchev–Trinajstić information content (AvgIpc) is 3.06. The summed E-state index contributed by atoms with van der Waals surface area (Å²) in [5.41, 5.74) is -2.19. The van der Waals surface area contributed by atoms with E-state index < -0.39 is 77.9 Å². The van der Waals surface area contributed by atoms with Crippen LogP contribution in [0.4, 0.5) is 30.4 Å². The Morgan fingerprint density at radius 3 is 2.57 bits per heavy atom. The maximum absolute atomic E-state index is 14.6. The number of carbonyl (C=O) groups is 2. The SMILES string of the molecule is [2H]C([2H])([2H])N(c1cnc2c(n1)c(=O)c(N1CCN(C(=O)c3ncnc(C)c3O)[C@H]3CC[C@@H]31)c(CC)n2CC(=O)Nc1ccc(C(F)(F)F)cc1Cl)C([2H])([2H])[2H].